The SMILES string of the molecule is COc1ccc(C(=O)NCCCCN2CCN(c3ccccc3)CC2)c(O)c1. The number of aromatic hydroxyl groups is 1. The van der Waals surface area contributed by atoms with Crippen molar-refractivity contribution in [2.75, 3.05) is 51.3 Å². The molecule has 1 heterocycles. The molecule has 1 fully saturated rings. The normalized spacial score (nSPS) is 14.7. The van der Waals surface area contributed by atoms with Gasteiger partial charge in [0.2, 0.25) is 0 Å². The molecule has 2 aromatic rings. The van der Waals surface area contributed by atoms with Gasteiger partial charge in [0.1, 0.15) is 11.5 Å². The lowest BCUT2D eigenvalue weighted by molar-refractivity contribution is 0.0950. The molecule has 0 spiro atoms. The molecule has 0 unspecified atom stereocenters. The van der Waals surface area contributed by atoms with Gasteiger partial charge >= 0.3 is 0 Å². The number of para-hydroxylation sites is 1. The van der Waals surface area contributed by atoms with Gasteiger partial charge in [-0.05, 0) is 43.7 Å². The molecule has 6 heteroatoms. The predicted molar refractivity (Wildman–Crippen MR) is 111 cm³/mol. The van der Waals surface area contributed by atoms with E-state index in [9.17, 15) is 9.90 Å². The van der Waals surface area contributed by atoms with E-state index in [1.807, 2.05) is 0 Å². The number of hydrogen-bond acceptors (Lipinski definition) is 5. The highest BCUT2D eigenvalue weighted by molar-refractivity contribution is 5.96. The largest absolute Gasteiger partial charge is 0.507 e. The number of anilines is 1. The zero-order valence-electron chi connectivity index (χ0n) is 16.4. The number of phenols is 1. The number of unbranched alkanes of at least 4 members (excludes halogenated alkanes) is 1. The van der Waals surface area contributed by atoms with Crippen LogP contribution in [0.15, 0.2) is 48.5 Å². The molecule has 6 nitrogen and oxygen atoms in total. The van der Waals surface area contributed by atoms with Gasteiger partial charge in [-0.2, -0.15) is 0 Å². The summed E-state index contributed by atoms with van der Waals surface area (Å²) in [6.45, 7) is 5.90. The van der Waals surface area contributed by atoms with Crippen molar-refractivity contribution in [3.63, 3.8) is 0 Å². The fourth-order valence-electron chi connectivity index (χ4n) is 3.46. The van der Waals surface area contributed by atoms with Crippen LogP contribution in [-0.4, -0.2) is 62.3 Å². The van der Waals surface area contributed by atoms with Gasteiger partial charge in [-0.3, -0.25) is 9.69 Å². The third kappa shape index (κ3) is 5.39. The van der Waals surface area contributed by atoms with Gasteiger partial charge in [-0.15, -0.1) is 0 Å². The standard InChI is InChI=1S/C22H29N3O3/c1-28-19-9-10-20(21(26)17-19)22(27)23-11-5-6-12-24-13-15-25(16-14-24)18-7-3-2-4-8-18/h2-4,7-10,17,26H,5-6,11-16H2,1H3,(H,23,27). The number of rotatable bonds is 8. The summed E-state index contributed by atoms with van der Waals surface area (Å²) >= 11 is 0. The highest BCUT2D eigenvalue weighted by atomic mass is 16.5. The molecule has 1 amide bonds. The van der Waals surface area contributed by atoms with Crippen LogP contribution in [0.1, 0.15) is 23.2 Å². The highest BCUT2D eigenvalue weighted by Crippen LogP contribution is 2.23. The minimum Gasteiger partial charge on any atom is -0.507 e. The van der Waals surface area contributed by atoms with Crippen LogP contribution in [0.2, 0.25) is 0 Å². The Morgan fingerprint density at radius 3 is 2.50 bits per heavy atom. The molecule has 0 bridgehead atoms. The molecular formula is C22H29N3O3. The van der Waals surface area contributed by atoms with Gasteiger partial charge < -0.3 is 20.1 Å². The molecule has 0 aliphatic carbocycles. The lowest BCUT2D eigenvalue weighted by Gasteiger charge is -2.36. The van der Waals surface area contributed by atoms with E-state index in [2.05, 4.69) is 45.4 Å². The summed E-state index contributed by atoms with van der Waals surface area (Å²) in [4.78, 5) is 17.1. The van der Waals surface area contributed by atoms with E-state index in [0.717, 1.165) is 45.6 Å². The van der Waals surface area contributed by atoms with E-state index in [-0.39, 0.29) is 17.2 Å². The van der Waals surface area contributed by atoms with Gasteiger partial charge in [-0.1, -0.05) is 18.2 Å². The zero-order chi connectivity index (χ0) is 19.8. The lowest BCUT2D eigenvalue weighted by atomic mass is 10.1. The maximum atomic E-state index is 12.2. The first kappa shape index (κ1) is 20.0. The third-order valence-corrected chi connectivity index (χ3v) is 5.13. The van der Waals surface area contributed by atoms with Gasteiger partial charge in [-0.25, -0.2) is 0 Å². The van der Waals surface area contributed by atoms with Gasteiger partial charge in [0.15, 0.2) is 0 Å². The van der Waals surface area contributed by atoms with Crippen molar-refractivity contribution < 1.29 is 14.6 Å². The summed E-state index contributed by atoms with van der Waals surface area (Å²) in [6.07, 6.45) is 1.96. The Morgan fingerprint density at radius 1 is 1.07 bits per heavy atom. The van der Waals surface area contributed by atoms with Crippen LogP contribution < -0.4 is 15.0 Å². The number of benzene rings is 2. The van der Waals surface area contributed by atoms with Crippen LogP contribution in [-0.2, 0) is 0 Å². The molecule has 0 saturated carbocycles. The number of hydrogen-bond donors (Lipinski definition) is 2. The second-order valence-corrected chi connectivity index (χ2v) is 7.01. The second-order valence-electron chi connectivity index (χ2n) is 7.01. The van der Waals surface area contributed by atoms with E-state index in [0.29, 0.717) is 12.3 Å². The number of amides is 1. The zero-order valence-corrected chi connectivity index (χ0v) is 16.4. The first-order chi connectivity index (χ1) is 13.7. The third-order valence-electron chi connectivity index (χ3n) is 5.13. The van der Waals surface area contributed by atoms with Crippen LogP contribution in [0.4, 0.5) is 5.69 Å². The Morgan fingerprint density at radius 2 is 1.82 bits per heavy atom. The van der Waals surface area contributed by atoms with E-state index in [4.69, 9.17) is 4.74 Å². The molecule has 150 valence electrons. The van der Waals surface area contributed by atoms with Crippen molar-refractivity contribution in [1.29, 1.82) is 0 Å². The number of phenolic OH excluding ortho intramolecular Hbond substituents is 1. The van der Waals surface area contributed by atoms with E-state index < -0.39 is 0 Å². The molecule has 0 aromatic heterocycles. The van der Waals surface area contributed by atoms with Crippen LogP contribution in [0.25, 0.3) is 0 Å². The number of nitrogens with one attached hydrogen (secondary N) is 1. The molecular weight excluding hydrogens is 354 g/mol. The van der Waals surface area contributed by atoms with Gasteiger partial charge in [0, 0.05) is 44.5 Å². The average Bonchev–Trinajstić information content (AvgIpc) is 2.74. The molecule has 2 aromatic carbocycles. The van der Waals surface area contributed by atoms with E-state index in [1.54, 1.807) is 12.1 Å². The molecule has 1 aliphatic heterocycles. The number of carbonyl (C=O) groups excluding carboxylic acids is 1. The fraction of sp³-hybridized carbons (Fsp3) is 0.409. The Kier molecular flexibility index (Phi) is 7.14. The Hall–Kier alpha value is -2.73. The topological polar surface area (TPSA) is 65.0 Å². The smallest absolute Gasteiger partial charge is 0.255 e. The Balaban J connectivity index is 1.32. The van der Waals surface area contributed by atoms with Crippen molar-refractivity contribution in [3.8, 4) is 11.5 Å². The van der Waals surface area contributed by atoms with Crippen molar-refractivity contribution in [2.45, 2.75) is 12.8 Å². The summed E-state index contributed by atoms with van der Waals surface area (Å²) in [5, 5.41) is 12.8. The maximum Gasteiger partial charge on any atom is 0.255 e. The maximum absolute atomic E-state index is 12.2. The van der Waals surface area contributed by atoms with Crippen LogP contribution >= 0.6 is 0 Å². The minimum absolute atomic E-state index is 0.0619. The average molecular weight is 383 g/mol. The van der Waals surface area contributed by atoms with Crippen molar-refractivity contribution >= 4 is 11.6 Å². The monoisotopic (exact) mass is 383 g/mol. The Bertz CT molecular complexity index is 759. The second kappa shape index (κ2) is 9.99. The van der Waals surface area contributed by atoms with Crippen LogP contribution in [0.5, 0.6) is 11.5 Å². The highest BCUT2D eigenvalue weighted by Gasteiger charge is 2.16. The Labute approximate surface area is 166 Å². The number of piperazine rings is 1. The molecule has 3 rings (SSSR count). The van der Waals surface area contributed by atoms with Crippen molar-refractivity contribution in [1.82, 2.24) is 10.2 Å². The van der Waals surface area contributed by atoms with Crippen LogP contribution in [0, 0.1) is 0 Å². The molecule has 1 saturated heterocycles. The summed E-state index contributed by atoms with van der Waals surface area (Å²) in [5.41, 5.74) is 1.57. The summed E-state index contributed by atoms with van der Waals surface area (Å²) in [6, 6.07) is 15.2. The van der Waals surface area contributed by atoms with Crippen LogP contribution in [0.3, 0.4) is 0 Å². The molecule has 0 atom stereocenters. The van der Waals surface area contributed by atoms with E-state index in [1.165, 1.54) is 18.9 Å². The molecule has 1 aliphatic rings. The number of methoxy groups -OCH3 is 1. The molecule has 28 heavy (non-hydrogen) atoms. The minimum atomic E-state index is -0.253. The summed E-state index contributed by atoms with van der Waals surface area (Å²) in [5.74, 6) is 0.214. The van der Waals surface area contributed by atoms with Crippen molar-refractivity contribution in [2.24, 2.45) is 0 Å². The summed E-state index contributed by atoms with van der Waals surface area (Å²) < 4.78 is 5.03. The molecule has 2 N–H and O–H groups in total. The molecule has 0 radical (unpaired) electrons. The number of nitrogens with zero attached hydrogens (tertiary/aromatic N) is 2. The van der Waals surface area contributed by atoms with Crippen molar-refractivity contribution in [3.05, 3.63) is 54.1 Å². The fourth-order valence-corrected chi connectivity index (χ4v) is 3.46. The predicted octanol–water partition coefficient (Wildman–Crippen LogP) is 2.73. The number of ether oxygens (including phenoxy) is 1. The quantitative estimate of drug-likeness (QED) is 0.686. The lowest BCUT2D eigenvalue weighted by Crippen LogP contribution is -2.46. The van der Waals surface area contributed by atoms with Gasteiger partial charge in [0.25, 0.3) is 5.91 Å². The first-order valence-electron chi connectivity index (χ1n) is 9.85. The number of carbonyl (C=O) groups is 1. The summed E-state index contributed by atoms with van der Waals surface area (Å²) in [7, 11) is 1.52. The van der Waals surface area contributed by atoms with Gasteiger partial charge in [0.05, 0.1) is 12.7 Å². The van der Waals surface area contributed by atoms with E-state index >= 15 is 0 Å². The first-order valence-corrected chi connectivity index (χ1v) is 9.85.